The van der Waals surface area contributed by atoms with Crippen LogP contribution < -0.4 is 4.74 Å². The molecule has 1 aliphatic carbocycles. The molecule has 202 valence electrons. The van der Waals surface area contributed by atoms with Crippen molar-refractivity contribution in [1.29, 1.82) is 0 Å². The van der Waals surface area contributed by atoms with Gasteiger partial charge in [-0.1, -0.05) is 74.4 Å². The number of allylic oxidation sites excluding steroid dienone is 1. The van der Waals surface area contributed by atoms with Gasteiger partial charge >= 0.3 is 12.4 Å². The van der Waals surface area contributed by atoms with Gasteiger partial charge in [0.1, 0.15) is 5.75 Å². The molecule has 1 saturated carbocycles. The number of hydrogen-bond acceptors (Lipinski definition) is 3. The SMILES string of the molecule is C=NN(/C=C(\CCC)c1ccc(OC(F)(F)F)cc1)C(=O)N1CC(C2CCC2)C=C[C@@H]1Cc1ccccc1. The van der Waals surface area contributed by atoms with E-state index in [9.17, 15) is 18.0 Å². The van der Waals surface area contributed by atoms with E-state index >= 15 is 0 Å². The van der Waals surface area contributed by atoms with Crippen LogP contribution in [0.2, 0.25) is 0 Å². The summed E-state index contributed by atoms with van der Waals surface area (Å²) in [7, 11) is 0. The maximum absolute atomic E-state index is 13.9. The standard InChI is InChI=1S/C30H34F3N3O2/c1-3-8-25(24-14-17-28(18-15-24)38-30(31,32)33)21-36(34-2)29(37)35-20-26(23-11-7-12-23)13-16-27(35)19-22-9-5-4-6-10-22/h4-6,9-10,13-18,21,23,26-27H,2-3,7-8,11-12,19-20H2,1H3/b25-21+/t26?,27-/m1/s1. The van der Waals surface area contributed by atoms with Gasteiger partial charge < -0.3 is 9.64 Å². The molecule has 1 aliphatic heterocycles. The van der Waals surface area contributed by atoms with E-state index in [1.54, 1.807) is 18.3 Å². The Morgan fingerprint density at radius 2 is 1.84 bits per heavy atom. The highest BCUT2D eigenvalue weighted by Crippen LogP contribution is 2.37. The van der Waals surface area contributed by atoms with Gasteiger partial charge in [-0.2, -0.15) is 10.1 Å². The van der Waals surface area contributed by atoms with Gasteiger partial charge in [0.2, 0.25) is 0 Å². The first-order valence-corrected chi connectivity index (χ1v) is 13.1. The van der Waals surface area contributed by atoms with Crippen LogP contribution >= 0.6 is 0 Å². The molecular weight excluding hydrogens is 491 g/mol. The number of nitrogens with zero attached hydrogens (tertiary/aromatic N) is 3. The average molecular weight is 526 g/mol. The number of alkyl halides is 3. The molecular formula is C30H34F3N3O2. The summed E-state index contributed by atoms with van der Waals surface area (Å²) in [5.41, 5.74) is 2.60. The molecule has 0 saturated heterocycles. The Bertz CT molecular complexity index is 1140. The van der Waals surface area contributed by atoms with Crippen molar-refractivity contribution in [3.05, 3.63) is 84.1 Å². The molecule has 2 amide bonds. The number of hydrazone groups is 1. The minimum atomic E-state index is -4.75. The zero-order valence-electron chi connectivity index (χ0n) is 21.6. The van der Waals surface area contributed by atoms with Crippen molar-refractivity contribution in [2.75, 3.05) is 6.54 Å². The van der Waals surface area contributed by atoms with E-state index in [2.05, 4.69) is 40.8 Å². The van der Waals surface area contributed by atoms with E-state index in [0.29, 0.717) is 36.8 Å². The first-order chi connectivity index (χ1) is 18.3. The second kappa shape index (κ2) is 12.3. The van der Waals surface area contributed by atoms with Gasteiger partial charge in [-0.3, -0.25) is 0 Å². The molecule has 2 atom stereocenters. The average Bonchev–Trinajstić information content (AvgIpc) is 2.86. The number of amides is 2. The van der Waals surface area contributed by atoms with Gasteiger partial charge in [0, 0.05) is 19.5 Å². The van der Waals surface area contributed by atoms with Crippen LogP contribution in [0.25, 0.3) is 5.57 Å². The number of benzene rings is 2. The monoisotopic (exact) mass is 525 g/mol. The largest absolute Gasteiger partial charge is 0.573 e. The van der Waals surface area contributed by atoms with Gasteiger partial charge in [0.25, 0.3) is 0 Å². The van der Waals surface area contributed by atoms with Crippen LogP contribution in [0.4, 0.5) is 18.0 Å². The quantitative estimate of drug-likeness (QED) is 0.192. The Balaban J connectivity index is 1.58. The predicted molar refractivity (Wildman–Crippen MR) is 143 cm³/mol. The number of halogens is 3. The van der Waals surface area contributed by atoms with Crippen LogP contribution in [0.3, 0.4) is 0 Å². The summed E-state index contributed by atoms with van der Waals surface area (Å²) in [6.45, 7) is 6.26. The number of hydrogen-bond donors (Lipinski definition) is 0. The van der Waals surface area contributed by atoms with Crippen molar-refractivity contribution in [2.45, 2.75) is 57.9 Å². The van der Waals surface area contributed by atoms with Crippen LogP contribution in [0.15, 0.2) is 78.1 Å². The maximum atomic E-state index is 13.9. The number of ether oxygens (including phenoxy) is 1. The Morgan fingerprint density at radius 1 is 1.13 bits per heavy atom. The molecule has 8 heteroatoms. The minimum Gasteiger partial charge on any atom is -0.406 e. The second-order valence-corrected chi connectivity index (χ2v) is 9.89. The summed E-state index contributed by atoms with van der Waals surface area (Å²) in [6, 6.07) is 15.4. The van der Waals surface area contributed by atoms with Crippen LogP contribution in [0, 0.1) is 11.8 Å². The third-order valence-corrected chi connectivity index (χ3v) is 7.28. The van der Waals surface area contributed by atoms with Crippen LogP contribution in [0.1, 0.15) is 50.2 Å². The van der Waals surface area contributed by atoms with Crippen LogP contribution in [-0.2, 0) is 6.42 Å². The van der Waals surface area contributed by atoms with Gasteiger partial charge in [-0.25, -0.2) is 4.79 Å². The van der Waals surface area contributed by atoms with Crippen LogP contribution in [0.5, 0.6) is 5.75 Å². The molecule has 0 spiro atoms. The molecule has 1 heterocycles. The number of rotatable bonds is 9. The Labute approximate surface area is 222 Å². The van der Waals surface area contributed by atoms with Crippen molar-refractivity contribution in [3.8, 4) is 5.75 Å². The molecule has 5 nitrogen and oxygen atoms in total. The topological polar surface area (TPSA) is 45.1 Å². The lowest BCUT2D eigenvalue weighted by Crippen LogP contribution is -2.50. The fourth-order valence-electron chi connectivity index (χ4n) is 5.09. The van der Waals surface area contributed by atoms with Crippen LogP contribution in [-0.4, -0.2) is 41.6 Å². The van der Waals surface area contributed by atoms with E-state index in [1.807, 2.05) is 30.0 Å². The van der Waals surface area contributed by atoms with E-state index < -0.39 is 6.36 Å². The van der Waals surface area contributed by atoms with Gasteiger partial charge in [-0.15, -0.1) is 13.2 Å². The van der Waals surface area contributed by atoms with Gasteiger partial charge in [0.15, 0.2) is 0 Å². The van der Waals surface area contributed by atoms with E-state index in [-0.39, 0.29) is 17.8 Å². The molecule has 2 aromatic rings. The van der Waals surface area contributed by atoms with E-state index in [0.717, 1.165) is 17.6 Å². The van der Waals surface area contributed by atoms with Gasteiger partial charge in [0.05, 0.1) is 6.04 Å². The van der Waals surface area contributed by atoms with E-state index in [4.69, 9.17) is 0 Å². The summed E-state index contributed by atoms with van der Waals surface area (Å²) >= 11 is 0. The molecule has 0 radical (unpaired) electrons. The van der Waals surface area contributed by atoms with Crippen molar-refractivity contribution >= 4 is 18.3 Å². The number of carbonyl (C=O) groups is 1. The molecule has 2 aromatic carbocycles. The third kappa shape index (κ3) is 7.05. The molecule has 1 unspecified atom stereocenters. The number of urea groups is 1. The molecule has 4 rings (SSSR count). The van der Waals surface area contributed by atoms with Crippen molar-refractivity contribution in [2.24, 2.45) is 16.9 Å². The summed E-state index contributed by atoms with van der Waals surface area (Å²) in [5.74, 6) is 0.609. The summed E-state index contributed by atoms with van der Waals surface area (Å²) < 4.78 is 41.7. The lowest BCUT2D eigenvalue weighted by atomic mass is 9.74. The fourth-order valence-corrected chi connectivity index (χ4v) is 5.09. The zero-order chi connectivity index (χ0) is 27.1. The highest BCUT2D eigenvalue weighted by molar-refractivity contribution is 5.79. The normalized spacial score (nSPS) is 20.1. The second-order valence-electron chi connectivity index (χ2n) is 9.89. The summed E-state index contributed by atoms with van der Waals surface area (Å²) in [6.07, 6.45) is 6.98. The first kappa shape index (κ1) is 27.5. The smallest absolute Gasteiger partial charge is 0.406 e. The third-order valence-electron chi connectivity index (χ3n) is 7.28. The highest BCUT2D eigenvalue weighted by atomic mass is 19.4. The van der Waals surface area contributed by atoms with E-state index in [1.165, 1.54) is 36.4 Å². The molecule has 1 fully saturated rings. The Kier molecular flexibility index (Phi) is 8.92. The van der Waals surface area contributed by atoms with Crippen molar-refractivity contribution in [1.82, 2.24) is 9.91 Å². The number of carbonyl (C=O) groups excluding carboxylic acids is 1. The lowest BCUT2D eigenvalue weighted by Gasteiger charge is -2.42. The maximum Gasteiger partial charge on any atom is 0.573 e. The molecule has 38 heavy (non-hydrogen) atoms. The molecule has 0 N–H and O–H groups in total. The Hall–Kier alpha value is -3.55. The first-order valence-electron chi connectivity index (χ1n) is 13.1. The molecule has 2 aliphatic rings. The summed E-state index contributed by atoms with van der Waals surface area (Å²) in [4.78, 5) is 15.8. The van der Waals surface area contributed by atoms with Crippen molar-refractivity contribution in [3.63, 3.8) is 0 Å². The Morgan fingerprint density at radius 3 is 2.42 bits per heavy atom. The lowest BCUT2D eigenvalue weighted by molar-refractivity contribution is -0.274. The minimum absolute atomic E-state index is 0.118. The predicted octanol–water partition coefficient (Wildman–Crippen LogP) is 7.66. The van der Waals surface area contributed by atoms with Gasteiger partial charge in [-0.05, 0) is 66.4 Å². The van der Waals surface area contributed by atoms with Crippen molar-refractivity contribution < 1.29 is 22.7 Å². The zero-order valence-corrected chi connectivity index (χ0v) is 21.6. The highest BCUT2D eigenvalue weighted by Gasteiger charge is 2.35. The fraction of sp³-hybridized carbons (Fsp3) is 0.400. The molecule has 0 aromatic heterocycles. The molecule has 0 bridgehead atoms. The summed E-state index contributed by atoms with van der Waals surface area (Å²) in [5, 5.41) is 5.30.